The minimum atomic E-state index is -0.254. The van der Waals surface area contributed by atoms with E-state index in [1.54, 1.807) is 0 Å². The number of amides is 2. The molecule has 3 aliphatic heterocycles. The van der Waals surface area contributed by atoms with Gasteiger partial charge in [0.05, 0.1) is 5.41 Å². The molecule has 2 amide bonds. The van der Waals surface area contributed by atoms with Crippen molar-refractivity contribution in [3.05, 3.63) is 35.4 Å². The molecule has 0 aromatic heterocycles. The minimum Gasteiger partial charge on any atom is -0.342 e. The van der Waals surface area contributed by atoms with Crippen molar-refractivity contribution in [1.29, 1.82) is 0 Å². The first-order chi connectivity index (χ1) is 14.3. The lowest BCUT2D eigenvalue weighted by Gasteiger charge is -2.47. The lowest BCUT2D eigenvalue weighted by molar-refractivity contribution is -0.141. The van der Waals surface area contributed by atoms with Crippen molar-refractivity contribution in [2.45, 2.75) is 47.0 Å². The highest BCUT2D eigenvalue weighted by atomic mass is 16.2. The summed E-state index contributed by atoms with van der Waals surface area (Å²) in [5, 5.41) is 0. The molecule has 1 aromatic rings. The highest BCUT2D eigenvalue weighted by Gasteiger charge is 2.64. The van der Waals surface area contributed by atoms with E-state index in [1.165, 1.54) is 0 Å². The number of nitrogens with zero attached hydrogens (tertiary/aromatic N) is 3. The zero-order valence-electron chi connectivity index (χ0n) is 19.1. The number of fused-ring (bicyclic) bond motifs is 1. The number of piperidine rings is 1. The number of carbonyl (C=O) groups excluding carboxylic acids is 2. The summed E-state index contributed by atoms with van der Waals surface area (Å²) in [5.41, 5.74) is 1.60. The van der Waals surface area contributed by atoms with Crippen molar-refractivity contribution >= 4 is 11.8 Å². The normalized spacial score (nSPS) is 26.5. The largest absolute Gasteiger partial charge is 0.342 e. The molecule has 4 rings (SSSR count). The van der Waals surface area contributed by atoms with Gasteiger partial charge in [0.1, 0.15) is 0 Å². The van der Waals surface area contributed by atoms with Gasteiger partial charge in [0.25, 0.3) is 5.91 Å². The third kappa shape index (κ3) is 3.35. The van der Waals surface area contributed by atoms with Crippen LogP contribution in [0.3, 0.4) is 0 Å². The van der Waals surface area contributed by atoms with E-state index in [1.807, 2.05) is 36.1 Å². The fourth-order valence-electron chi connectivity index (χ4n) is 6.37. The molecule has 0 bridgehead atoms. The van der Waals surface area contributed by atoms with Crippen molar-refractivity contribution in [3.8, 4) is 0 Å². The molecule has 0 aliphatic carbocycles. The molecular weight excluding hydrogens is 374 g/mol. The van der Waals surface area contributed by atoms with E-state index in [0.29, 0.717) is 11.8 Å². The van der Waals surface area contributed by atoms with Gasteiger partial charge in [0.15, 0.2) is 0 Å². The predicted octanol–water partition coefficient (Wildman–Crippen LogP) is 3.43. The van der Waals surface area contributed by atoms with Gasteiger partial charge in [-0.05, 0) is 50.7 Å². The second-order valence-electron chi connectivity index (χ2n) is 10.2. The Kier molecular flexibility index (Phi) is 5.69. The average Bonchev–Trinajstić information content (AvgIpc) is 3.19. The van der Waals surface area contributed by atoms with Gasteiger partial charge in [-0.25, -0.2) is 0 Å². The van der Waals surface area contributed by atoms with Gasteiger partial charge in [0.2, 0.25) is 5.91 Å². The van der Waals surface area contributed by atoms with Gasteiger partial charge in [-0.1, -0.05) is 32.0 Å². The molecule has 3 fully saturated rings. The number of likely N-dealkylation sites (tertiary alicyclic amines) is 3. The zero-order valence-corrected chi connectivity index (χ0v) is 19.1. The number of hydrogen-bond donors (Lipinski definition) is 0. The molecule has 1 atom stereocenters. The highest BCUT2D eigenvalue weighted by molar-refractivity contribution is 5.95. The SMILES string of the molecule is CCN1CCC2(CN(CC(C)C)CC23CCN(C(=O)c2ccccc2C)CC3)C1=O. The smallest absolute Gasteiger partial charge is 0.254 e. The summed E-state index contributed by atoms with van der Waals surface area (Å²) in [7, 11) is 0. The predicted molar refractivity (Wildman–Crippen MR) is 119 cm³/mol. The third-order valence-corrected chi connectivity index (χ3v) is 7.93. The summed E-state index contributed by atoms with van der Waals surface area (Å²) >= 11 is 0. The molecular formula is C25H37N3O2. The van der Waals surface area contributed by atoms with Crippen molar-refractivity contribution in [1.82, 2.24) is 14.7 Å². The Morgan fingerprint density at radius 2 is 1.77 bits per heavy atom. The molecule has 0 N–H and O–H groups in total. The van der Waals surface area contributed by atoms with E-state index >= 15 is 0 Å². The number of rotatable bonds is 4. The van der Waals surface area contributed by atoms with Crippen LogP contribution >= 0.6 is 0 Å². The van der Waals surface area contributed by atoms with Crippen LogP contribution in [0.5, 0.6) is 0 Å². The maximum atomic E-state index is 13.6. The summed E-state index contributed by atoms with van der Waals surface area (Å²) in [6.07, 6.45) is 2.84. The summed E-state index contributed by atoms with van der Waals surface area (Å²) in [6.45, 7) is 14.8. The van der Waals surface area contributed by atoms with Crippen LogP contribution < -0.4 is 0 Å². The topological polar surface area (TPSA) is 43.9 Å². The lowest BCUT2D eigenvalue weighted by Crippen LogP contribution is -2.53. The Balaban J connectivity index is 1.56. The van der Waals surface area contributed by atoms with Crippen LogP contribution in [0.1, 0.15) is 56.0 Å². The van der Waals surface area contributed by atoms with Gasteiger partial charge >= 0.3 is 0 Å². The van der Waals surface area contributed by atoms with Gasteiger partial charge in [-0.2, -0.15) is 0 Å². The zero-order chi connectivity index (χ0) is 21.5. The standard InChI is InChI=1S/C25H37N3O2/c1-5-27-15-12-25(23(27)30)18-26(16-19(2)3)17-24(25)10-13-28(14-11-24)22(29)21-9-7-6-8-20(21)4/h6-9,19H,5,10-18H2,1-4H3. The van der Waals surface area contributed by atoms with Crippen LogP contribution in [0.2, 0.25) is 0 Å². The Labute approximate surface area is 181 Å². The lowest BCUT2D eigenvalue weighted by atomic mass is 9.60. The molecule has 30 heavy (non-hydrogen) atoms. The number of hydrogen-bond acceptors (Lipinski definition) is 3. The van der Waals surface area contributed by atoms with Crippen LogP contribution in [0.15, 0.2) is 24.3 Å². The molecule has 1 aromatic carbocycles. The van der Waals surface area contributed by atoms with Crippen molar-refractivity contribution in [3.63, 3.8) is 0 Å². The Bertz CT molecular complexity index is 812. The first-order valence-electron chi connectivity index (χ1n) is 11.7. The number of benzene rings is 1. The van der Waals surface area contributed by atoms with E-state index in [-0.39, 0.29) is 16.7 Å². The molecule has 5 heteroatoms. The van der Waals surface area contributed by atoms with Crippen molar-refractivity contribution in [2.75, 3.05) is 45.8 Å². The van der Waals surface area contributed by atoms with Gasteiger partial charge < -0.3 is 14.7 Å². The fourth-order valence-corrected chi connectivity index (χ4v) is 6.37. The molecule has 3 heterocycles. The van der Waals surface area contributed by atoms with Gasteiger partial charge in [0, 0.05) is 56.8 Å². The van der Waals surface area contributed by atoms with Gasteiger partial charge in [-0.15, -0.1) is 0 Å². The molecule has 0 radical (unpaired) electrons. The molecule has 1 unspecified atom stereocenters. The Hall–Kier alpha value is -1.88. The summed E-state index contributed by atoms with van der Waals surface area (Å²) in [5.74, 6) is 1.11. The first kappa shape index (κ1) is 21.4. The van der Waals surface area contributed by atoms with Crippen LogP contribution in [0.4, 0.5) is 0 Å². The molecule has 5 nitrogen and oxygen atoms in total. The summed E-state index contributed by atoms with van der Waals surface area (Å²) in [6, 6.07) is 7.86. The van der Waals surface area contributed by atoms with E-state index in [0.717, 1.165) is 76.2 Å². The average molecular weight is 412 g/mol. The van der Waals surface area contributed by atoms with Crippen LogP contribution in [-0.4, -0.2) is 72.3 Å². The van der Waals surface area contributed by atoms with Crippen molar-refractivity contribution in [2.24, 2.45) is 16.7 Å². The second-order valence-corrected chi connectivity index (χ2v) is 10.2. The molecule has 0 saturated carbocycles. The molecule has 3 aliphatic rings. The summed E-state index contributed by atoms with van der Waals surface area (Å²) < 4.78 is 0. The Morgan fingerprint density at radius 1 is 1.07 bits per heavy atom. The highest BCUT2D eigenvalue weighted by Crippen LogP contribution is 2.58. The van der Waals surface area contributed by atoms with Crippen LogP contribution in [0, 0.1) is 23.7 Å². The minimum absolute atomic E-state index is 0.00536. The van der Waals surface area contributed by atoms with E-state index in [2.05, 4.69) is 30.6 Å². The number of aryl methyl sites for hydroxylation is 1. The maximum absolute atomic E-state index is 13.6. The van der Waals surface area contributed by atoms with Crippen LogP contribution in [0.25, 0.3) is 0 Å². The second kappa shape index (κ2) is 7.99. The molecule has 164 valence electrons. The van der Waals surface area contributed by atoms with E-state index in [9.17, 15) is 9.59 Å². The molecule has 2 spiro atoms. The fraction of sp³-hybridized carbons (Fsp3) is 0.680. The van der Waals surface area contributed by atoms with E-state index in [4.69, 9.17) is 0 Å². The molecule has 3 saturated heterocycles. The monoisotopic (exact) mass is 411 g/mol. The third-order valence-electron chi connectivity index (χ3n) is 7.93. The van der Waals surface area contributed by atoms with E-state index < -0.39 is 0 Å². The Morgan fingerprint density at radius 3 is 2.37 bits per heavy atom. The number of carbonyl (C=O) groups is 2. The first-order valence-corrected chi connectivity index (χ1v) is 11.7. The van der Waals surface area contributed by atoms with Crippen molar-refractivity contribution < 1.29 is 9.59 Å². The van der Waals surface area contributed by atoms with Crippen LogP contribution in [-0.2, 0) is 4.79 Å². The van der Waals surface area contributed by atoms with Gasteiger partial charge in [-0.3, -0.25) is 9.59 Å². The summed E-state index contributed by atoms with van der Waals surface area (Å²) in [4.78, 5) is 33.3. The quantitative estimate of drug-likeness (QED) is 0.762. The maximum Gasteiger partial charge on any atom is 0.254 e.